The second kappa shape index (κ2) is 4.23. The summed E-state index contributed by atoms with van der Waals surface area (Å²) in [5.74, 6) is 1.37. The number of hydrogen-bond acceptors (Lipinski definition) is 1. The van der Waals surface area contributed by atoms with Crippen LogP contribution in [-0.4, -0.2) is 10.4 Å². The van der Waals surface area contributed by atoms with Crippen molar-refractivity contribution in [3.63, 3.8) is 0 Å². The van der Waals surface area contributed by atoms with E-state index < -0.39 is 11.9 Å². The predicted octanol–water partition coefficient (Wildman–Crippen LogP) is 2.70. The third kappa shape index (κ3) is 2.07. The van der Waals surface area contributed by atoms with Crippen molar-refractivity contribution in [2.75, 3.05) is 5.75 Å². The first-order valence-corrected chi connectivity index (χ1v) is 6.76. The molecule has 0 amide bonds. The standard InChI is InChI=1S/C11H16F3N2S/c1-7(2)16-9-4-5-17-6-8(9)10(15(16)3)11(12,13)14/h7H,4-6H2,1-3H3/q+1. The third-order valence-corrected chi connectivity index (χ3v) is 4.03. The zero-order chi connectivity index (χ0) is 12.8. The van der Waals surface area contributed by atoms with Crippen molar-refractivity contribution >= 4 is 11.8 Å². The molecule has 0 fully saturated rings. The van der Waals surface area contributed by atoms with Gasteiger partial charge in [0.15, 0.2) is 7.05 Å². The monoisotopic (exact) mass is 265 g/mol. The molecule has 1 aromatic heterocycles. The maximum Gasteiger partial charge on any atom is 0.480 e. The van der Waals surface area contributed by atoms with Crippen LogP contribution in [-0.2, 0) is 25.4 Å². The molecule has 0 atom stereocenters. The van der Waals surface area contributed by atoms with Gasteiger partial charge in [0.1, 0.15) is 0 Å². The molecule has 6 heteroatoms. The number of nitrogens with zero attached hydrogens (tertiary/aromatic N) is 2. The molecule has 0 saturated heterocycles. The van der Waals surface area contributed by atoms with E-state index in [0.717, 1.165) is 17.9 Å². The molecular weight excluding hydrogens is 249 g/mol. The third-order valence-electron chi connectivity index (χ3n) is 3.04. The molecule has 0 bridgehead atoms. The summed E-state index contributed by atoms with van der Waals surface area (Å²) in [4.78, 5) is 0. The van der Waals surface area contributed by atoms with Gasteiger partial charge in [0.25, 0.3) is 0 Å². The quantitative estimate of drug-likeness (QED) is 0.709. The Morgan fingerprint density at radius 3 is 2.53 bits per heavy atom. The van der Waals surface area contributed by atoms with Gasteiger partial charge < -0.3 is 0 Å². The van der Waals surface area contributed by atoms with Gasteiger partial charge in [-0.1, -0.05) is 0 Å². The second-order valence-corrected chi connectivity index (χ2v) is 5.64. The van der Waals surface area contributed by atoms with Crippen molar-refractivity contribution in [3.8, 4) is 0 Å². The van der Waals surface area contributed by atoms with Crippen LogP contribution in [0.3, 0.4) is 0 Å². The molecule has 0 unspecified atom stereocenters. The molecule has 2 nitrogen and oxygen atoms in total. The largest absolute Gasteiger partial charge is 0.480 e. The molecule has 17 heavy (non-hydrogen) atoms. The fourth-order valence-electron chi connectivity index (χ4n) is 2.53. The molecule has 0 spiro atoms. The lowest BCUT2D eigenvalue weighted by atomic mass is 10.1. The van der Waals surface area contributed by atoms with E-state index in [4.69, 9.17) is 0 Å². The lowest BCUT2D eigenvalue weighted by molar-refractivity contribution is -0.771. The van der Waals surface area contributed by atoms with Gasteiger partial charge in [-0.05, 0) is 19.6 Å². The van der Waals surface area contributed by atoms with Crippen LogP contribution in [0, 0.1) is 0 Å². The Morgan fingerprint density at radius 1 is 1.35 bits per heavy atom. The zero-order valence-electron chi connectivity index (χ0n) is 10.1. The smallest absolute Gasteiger partial charge is 0.161 e. The van der Waals surface area contributed by atoms with Gasteiger partial charge in [-0.3, -0.25) is 0 Å². The van der Waals surface area contributed by atoms with Crippen LogP contribution in [0.15, 0.2) is 0 Å². The minimum atomic E-state index is -4.27. The molecule has 1 aliphatic heterocycles. The van der Waals surface area contributed by atoms with Crippen molar-refractivity contribution in [3.05, 3.63) is 17.0 Å². The summed E-state index contributed by atoms with van der Waals surface area (Å²) < 4.78 is 42.3. The molecule has 1 aromatic rings. The van der Waals surface area contributed by atoms with E-state index in [1.807, 2.05) is 13.8 Å². The van der Waals surface area contributed by atoms with E-state index in [2.05, 4.69) is 0 Å². The van der Waals surface area contributed by atoms with Crippen molar-refractivity contribution in [2.45, 2.75) is 38.2 Å². The van der Waals surface area contributed by atoms with E-state index in [9.17, 15) is 13.2 Å². The van der Waals surface area contributed by atoms with E-state index in [1.54, 1.807) is 16.4 Å². The zero-order valence-corrected chi connectivity index (χ0v) is 11.0. The summed E-state index contributed by atoms with van der Waals surface area (Å²) in [7, 11) is 1.51. The highest BCUT2D eigenvalue weighted by Crippen LogP contribution is 2.36. The molecule has 2 rings (SSSR count). The van der Waals surface area contributed by atoms with Crippen LogP contribution in [0.4, 0.5) is 13.2 Å². The van der Waals surface area contributed by atoms with Crippen LogP contribution in [0.25, 0.3) is 0 Å². The molecule has 0 aliphatic carbocycles. The van der Waals surface area contributed by atoms with Gasteiger partial charge >= 0.3 is 11.9 Å². The molecule has 0 N–H and O–H groups in total. The molecule has 1 aliphatic rings. The first-order chi connectivity index (χ1) is 7.84. The Bertz CT molecular complexity index is 435. The summed E-state index contributed by atoms with van der Waals surface area (Å²) >= 11 is 1.57. The number of hydrogen-bond donors (Lipinski definition) is 0. The molecule has 0 radical (unpaired) electrons. The van der Waals surface area contributed by atoms with Gasteiger partial charge in [-0.25, -0.2) is 0 Å². The second-order valence-electron chi connectivity index (χ2n) is 4.54. The van der Waals surface area contributed by atoms with Crippen molar-refractivity contribution in [1.29, 1.82) is 0 Å². The van der Waals surface area contributed by atoms with Gasteiger partial charge in [0.2, 0.25) is 0 Å². The average molecular weight is 265 g/mol. The Balaban J connectivity index is 2.68. The number of thioether (sulfide) groups is 1. The first kappa shape index (κ1) is 12.8. The van der Waals surface area contributed by atoms with Crippen molar-refractivity contribution in [2.24, 2.45) is 7.05 Å². The Morgan fingerprint density at radius 2 is 2.00 bits per heavy atom. The summed E-state index contributed by atoms with van der Waals surface area (Å²) in [5, 5.41) is 0. The molecule has 96 valence electrons. The van der Waals surface area contributed by atoms with Crippen molar-refractivity contribution in [1.82, 2.24) is 4.68 Å². The Kier molecular flexibility index (Phi) is 3.18. The predicted molar refractivity (Wildman–Crippen MR) is 60.9 cm³/mol. The topological polar surface area (TPSA) is 8.81 Å². The molecule has 0 aromatic carbocycles. The summed E-state index contributed by atoms with van der Waals surface area (Å²) in [6, 6.07) is 0.0490. The van der Waals surface area contributed by atoms with Crippen LogP contribution in [0.2, 0.25) is 0 Å². The maximum atomic E-state index is 13.1. The van der Waals surface area contributed by atoms with Crippen LogP contribution in [0.1, 0.15) is 36.8 Å². The first-order valence-electron chi connectivity index (χ1n) is 5.61. The number of rotatable bonds is 1. The van der Waals surface area contributed by atoms with Crippen LogP contribution in [0.5, 0.6) is 0 Å². The summed E-state index contributed by atoms with van der Waals surface area (Å²) in [5.41, 5.74) is 0.854. The number of aromatic nitrogens is 2. The highest BCUT2D eigenvalue weighted by molar-refractivity contribution is 7.98. The Labute approximate surface area is 103 Å². The lowest BCUT2D eigenvalue weighted by Gasteiger charge is -2.12. The molecule has 0 saturated carbocycles. The van der Waals surface area contributed by atoms with E-state index in [0.29, 0.717) is 11.3 Å². The SMILES string of the molecule is CC(C)n1c2c(c(C(F)(F)F)[n+]1C)CSCC2. The van der Waals surface area contributed by atoms with Gasteiger partial charge in [-0.15, -0.1) is 4.68 Å². The maximum absolute atomic E-state index is 13.1. The fraction of sp³-hybridized carbons (Fsp3) is 0.727. The van der Waals surface area contributed by atoms with Gasteiger partial charge in [0.05, 0.1) is 17.3 Å². The lowest BCUT2D eigenvalue weighted by Crippen LogP contribution is -2.46. The van der Waals surface area contributed by atoms with Gasteiger partial charge in [0, 0.05) is 12.2 Å². The minimum Gasteiger partial charge on any atom is -0.161 e. The minimum absolute atomic E-state index is 0.0490. The Hall–Kier alpha value is -0.650. The van der Waals surface area contributed by atoms with Crippen LogP contribution >= 0.6 is 11.8 Å². The fourth-order valence-corrected chi connectivity index (χ4v) is 3.52. The molecular formula is C11H16F3N2S+. The van der Waals surface area contributed by atoms with E-state index in [-0.39, 0.29) is 6.04 Å². The van der Waals surface area contributed by atoms with E-state index >= 15 is 0 Å². The normalized spacial score (nSPS) is 16.4. The average Bonchev–Trinajstić information content (AvgIpc) is 2.48. The highest BCUT2D eigenvalue weighted by atomic mass is 32.2. The summed E-state index contributed by atoms with van der Waals surface area (Å²) in [6.07, 6.45) is -3.54. The number of halogens is 3. The van der Waals surface area contributed by atoms with E-state index in [1.165, 1.54) is 11.7 Å². The van der Waals surface area contributed by atoms with Gasteiger partial charge in [-0.2, -0.15) is 29.6 Å². The summed E-state index contributed by atoms with van der Waals surface area (Å²) in [6.45, 7) is 3.84. The highest BCUT2D eigenvalue weighted by Gasteiger charge is 2.48. The van der Waals surface area contributed by atoms with Crippen molar-refractivity contribution < 1.29 is 17.9 Å². The number of fused-ring (bicyclic) bond motifs is 1. The van der Waals surface area contributed by atoms with Crippen LogP contribution < -0.4 is 4.68 Å². The molecule has 2 heterocycles. The number of alkyl halides is 3.